The molecule has 0 spiro atoms. The lowest BCUT2D eigenvalue weighted by molar-refractivity contribution is -0.140. The van der Waals surface area contributed by atoms with Crippen molar-refractivity contribution in [2.45, 2.75) is 25.7 Å². The third-order valence-corrected chi connectivity index (χ3v) is 5.79. The number of carbonyl (C=O) groups is 2. The third-order valence-electron chi connectivity index (χ3n) is 5.79. The number of piperazine rings is 1. The third kappa shape index (κ3) is 4.08. The van der Waals surface area contributed by atoms with Gasteiger partial charge in [-0.2, -0.15) is 0 Å². The minimum Gasteiger partial charge on any atom is -0.339 e. The Bertz CT molecular complexity index is 872. The van der Waals surface area contributed by atoms with E-state index in [9.17, 15) is 14.0 Å². The van der Waals surface area contributed by atoms with Crippen molar-refractivity contribution in [1.29, 1.82) is 0 Å². The second-order valence-electron chi connectivity index (χ2n) is 7.87. The van der Waals surface area contributed by atoms with Crippen molar-refractivity contribution in [1.82, 2.24) is 9.80 Å². The molecule has 5 heteroatoms. The van der Waals surface area contributed by atoms with Gasteiger partial charge in [-0.3, -0.25) is 9.59 Å². The van der Waals surface area contributed by atoms with Crippen LogP contribution in [0, 0.1) is 18.7 Å². The Hall–Kier alpha value is -2.69. The van der Waals surface area contributed by atoms with Gasteiger partial charge in [-0.25, -0.2) is 4.39 Å². The predicted octanol–water partition coefficient (Wildman–Crippen LogP) is 3.15. The largest absolute Gasteiger partial charge is 0.339 e. The molecule has 2 atom stereocenters. The van der Waals surface area contributed by atoms with Crippen LogP contribution in [0.5, 0.6) is 0 Å². The highest BCUT2D eigenvalue weighted by Gasteiger charge is 2.46. The molecule has 4 nitrogen and oxygen atoms in total. The number of aryl methyl sites for hydroxylation is 1. The summed E-state index contributed by atoms with van der Waals surface area (Å²) in [5, 5.41) is 0. The molecule has 2 aromatic carbocycles. The Morgan fingerprint density at radius 1 is 1.00 bits per heavy atom. The predicted molar refractivity (Wildman–Crippen MR) is 105 cm³/mol. The summed E-state index contributed by atoms with van der Waals surface area (Å²) >= 11 is 0. The van der Waals surface area contributed by atoms with Gasteiger partial charge in [-0.1, -0.05) is 42.0 Å². The van der Waals surface area contributed by atoms with E-state index in [-0.39, 0.29) is 29.5 Å². The fourth-order valence-electron chi connectivity index (χ4n) is 4.07. The molecule has 1 heterocycles. The first-order chi connectivity index (χ1) is 13.5. The van der Waals surface area contributed by atoms with Gasteiger partial charge in [0, 0.05) is 32.1 Å². The summed E-state index contributed by atoms with van der Waals surface area (Å²) in [5.74, 6) is 0.237. The van der Waals surface area contributed by atoms with Gasteiger partial charge in [0.25, 0.3) is 0 Å². The summed E-state index contributed by atoms with van der Waals surface area (Å²) in [6.07, 6.45) is 1.24. The van der Waals surface area contributed by atoms with Crippen LogP contribution < -0.4 is 0 Å². The van der Waals surface area contributed by atoms with Gasteiger partial charge in [-0.05, 0) is 42.5 Å². The number of nitrogens with zero attached hydrogens (tertiary/aromatic N) is 2. The summed E-state index contributed by atoms with van der Waals surface area (Å²) in [7, 11) is 0. The molecule has 0 N–H and O–H groups in total. The Labute approximate surface area is 164 Å². The fourth-order valence-corrected chi connectivity index (χ4v) is 4.07. The van der Waals surface area contributed by atoms with Crippen molar-refractivity contribution in [3.05, 3.63) is 71.0 Å². The molecule has 0 aromatic heterocycles. The number of hydrogen-bond acceptors (Lipinski definition) is 2. The Morgan fingerprint density at radius 3 is 2.36 bits per heavy atom. The van der Waals surface area contributed by atoms with E-state index in [4.69, 9.17) is 0 Å². The lowest BCUT2D eigenvalue weighted by Crippen LogP contribution is -2.51. The molecule has 146 valence electrons. The van der Waals surface area contributed by atoms with Gasteiger partial charge in [0.15, 0.2) is 0 Å². The molecular formula is C23H25FN2O2. The van der Waals surface area contributed by atoms with Crippen molar-refractivity contribution < 1.29 is 14.0 Å². The van der Waals surface area contributed by atoms with Crippen molar-refractivity contribution in [2.24, 2.45) is 5.92 Å². The number of amides is 2. The van der Waals surface area contributed by atoms with Crippen LogP contribution in [0.4, 0.5) is 4.39 Å². The van der Waals surface area contributed by atoms with E-state index in [1.807, 2.05) is 41.0 Å². The topological polar surface area (TPSA) is 40.6 Å². The minimum absolute atomic E-state index is 0.00000622. The molecule has 4 rings (SSSR count). The summed E-state index contributed by atoms with van der Waals surface area (Å²) in [6, 6.07) is 14.5. The van der Waals surface area contributed by atoms with Gasteiger partial charge < -0.3 is 9.80 Å². The Kier molecular flexibility index (Phi) is 5.16. The Balaban J connectivity index is 1.27. The monoisotopic (exact) mass is 380 g/mol. The van der Waals surface area contributed by atoms with E-state index in [1.54, 1.807) is 12.1 Å². The van der Waals surface area contributed by atoms with Crippen LogP contribution in [0.25, 0.3) is 0 Å². The van der Waals surface area contributed by atoms with Gasteiger partial charge in [0.05, 0.1) is 6.42 Å². The molecule has 2 aromatic rings. The quantitative estimate of drug-likeness (QED) is 0.818. The van der Waals surface area contributed by atoms with Crippen LogP contribution in [0.3, 0.4) is 0 Å². The van der Waals surface area contributed by atoms with E-state index in [0.717, 1.165) is 23.1 Å². The fraction of sp³-hybridized carbons (Fsp3) is 0.391. The lowest BCUT2D eigenvalue weighted by atomic mass is 10.1. The van der Waals surface area contributed by atoms with Gasteiger partial charge in [0.1, 0.15) is 5.82 Å². The number of carbonyl (C=O) groups excluding carboxylic acids is 2. The molecule has 1 aliphatic heterocycles. The minimum atomic E-state index is -0.251. The molecular weight excluding hydrogens is 355 g/mol. The number of benzene rings is 2. The molecule has 0 bridgehead atoms. The van der Waals surface area contributed by atoms with E-state index in [2.05, 4.69) is 0 Å². The molecule has 2 fully saturated rings. The molecule has 2 amide bonds. The average molecular weight is 380 g/mol. The summed E-state index contributed by atoms with van der Waals surface area (Å²) in [6.45, 7) is 4.38. The highest BCUT2D eigenvalue weighted by Crippen LogP contribution is 2.48. The van der Waals surface area contributed by atoms with Crippen molar-refractivity contribution in [2.75, 3.05) is 26.2 Å². The maximum Gasteiger partial charge on any atom is 0.227 e. The van der Waals surface area contributed by atoms with Crippen LogP contribution in [0.1, 0.15) is 29.0 Å². The van der Waals surface area contributed by atoms with Crippen molar-refractivity contribution in [3.8, 4) is 0 Å². The van der Waals surface area contributed by atoms with Gasteiger partial charge >= 0.3 is 0 Å². The van der Waals surface area contributed by atoms with E-state index in [0.29, 0.717) is 32.6 Å². The number of hydrogen-bond donors (Lipinski definition) is 0. The van der Waals surface area contributed by atoms with Crippen LogP contribution in [0.2, 0.25) is 0 Å². The zero-order valence-corrected chi connectivity index (χ0v) is 16.1. The average Bonchev–Trinajstić information content (AvgIpc) is 3.49. The smallest absolute Gasteiger partial charge is 0.227 e. The second kappa shape index (κ2) is 7.74. The first kappa shape index (κ1) is 18.7. The van der Waals surface area contributed by atoms with Gasteiger partial charge in [0.2, 0.25) is 11.8 Å². The number of rotatable bonds is 4. The molecule has 2 aliphatic rings. The Morgan fingerprint density at radius 2 is 1.68 bits per heavy atom. The molecule has 0 radical (unpaired) electrons. The number of halogens is 1. The maximum atomic E-state index is 13.1. The summed E-state index contributed by atoms with van der Waals surface area (Å²) in [5.41, 5.74) is 3.22. The normalized spacial score (nSPS) is 21.5. The van der Waals surface area contributed by atoms with Crippen molar-refractivity contribution in [3.63, 3.8) is 0 Å². The molecule has 1 saturated carbocycles. The molecule has 1 saturated heterocycles. The van der Waals surface area contributed by atoms with E-state index in [1.165, 1.54) is 12.1 Å². The standard InChI is InChI=1S/C23H25FN2O2/c1-16-3-2-4-17(13-16)14-22(27)25-9-11-26(12-10-25)23(28)21-15-20(21)18-5-7-19(24)8-6-18/h2-8,13,20-21H,9-12,14-15H2,1H3. The van der Waals surface area contributed by atoms with Gasteiger partial charge in [-0.15, -0.1) is 0 Å². The summed E-state index contributed by atoms with van der Waals surface area (Å²) < 4.78 is 13.1. The SMILES string of the molecule is Cc1cccc(CC(=O)N2CCN(C(=O)C3CC3c3ccc(F)cc3)CC2)c1. The van der Waals surface area contributed by atoms with Crippen LogP contribution in [0.15, 0.2) is 48.5 Å². The van der Waals surface area contributed by atoms with Crippen LogP contribution >= 0.6 is 0 Å². The van der Waals surface area contributed by atoms with Crippen molar-refractivity contribution >= 4 is 11.8 Å². The van der Waals surface area contributed by atoms with E-state index >= 15 is 0 Å². The van der Waals surface area contributed by atoms with Crippen LogP contribution in [-0.2, 0) is 16.0 Å². The summed E-state index contributed by atoms with van der Waals surface area (Å²) in [4.78, 5) is 29.1. The molecule has 28 heavy (non-hydrogen) atoms. The molecule has 2 unspecified atom stereocenters. The highest BCUT2D eigenvalue weighted by atomic mass is 19.1. The maximum absolute atomic E-state index is 13.1. The first-order valence-corrected chi connectivity index (χ1v) is 9.89. The zero-order valence-electron chi connectivity index (χ0n) is 16.1. The van der Waals surface area contributed by atoms with E-state index < -0.39 is 0 Å². The van der Waals surface area contributed by atoms with Crippen LogP contribution in [-0.4, -0.2) is 47.8 Å². The first-order valence-electron chi connectivity index (χ1n) is 9.89. The lowest BCUT2D eigenvalue weighted by Gasteiger charge is -2.35. The zero-order chi connectivity index (χ0) is 19.7. The highest BCUT2D eigenvalue weighted by molar-refractivity contribution is 5.84. The molecule has 1 aliphatic carbocycles. The second-order valence-corrected chi connectivity index (χ2v) is 7.87.